The lowest BCUT2D eigenvalue weighted by atomic mass is 9.96. The van der Waals surface area contributed by atoms with Crippen molar-refractivity contribution < 1.29 is 9.59 Å². The van der Waals surface area contributed by atoms with Crippen molar-refractivity contribution in [2.45, 2.75) is 46.7 Å². The highest BCUT2D eigenvalue weighted by Crippen LogP contribution is 2.15. The van der Waals surface area contributed by atoms with Crippen LogP contribution >= 0.6 is 0 Å². The fourth-order valence-corrected chi connectivity index (χ4v) is 3.10. The number of imidazole rings is 1. The number of hydrogen-bond acceptors (Lipinski definition) is 3. The summed E-state index contributed by atoms with van der Waals surface area (Å²) in [6.45, 7) is 7.39. The highest BCUT2D eigenvalue weighted by Gasteiger charge is 2.20. The van der Waals surface area contributed by atoms with Crippen molar-refractivity contribution in [3.63, 3.8) is 0 Å². The van der Waals surface area contributed by atoms with E-state index < -0.39 is 5.41 Å². The van der Waals surface area contributed by atoms with Gasteiger partial charge in [0.2, 0.25) is 11.8 Å². The monoisotopic (exact) mass is 406 g/mol. The molecule has 1 heterocycles. The van der Waals surface area contributed by atoms with Gasteiger partial charge in [-0.05, 0) is 29.7 Å². The highest BCUT2D eigenvalue weighted by atomic mass is 16.2. The van der Waals surface area contributed by atoms with Crippen LogP contribution in [-0.2, 0) is 22.7 Å². The van der Waals surface area contributed by atoms with Gasteiger partial charge in [0.05, 0.1) is 17.4 Å². The molecule has 158 valence electrons. The maximum absolute atomic E-state index is 12.0. The van der Waals surface area contributed by atoms with Gasteiger partial charge in [-0.15, -0.1) is 0 Å². The Bertz CT molecular complexity index is 1000. The number of rotatable bonds is 8. The summed E-state index contributed by atoms with van der Waals surface area (Å²) >= 11 is 0. The van der Waals surface area contributed by atoms with Crippen LogP contribution < -0.4 is 10.6 Å². The molecule has 1 aromatic heterocycles. The summed E-state index contributed by atoms with van der Waals surface area (Å²) in [5, 5.41) is 5.80. The summed E-state index contributed by atoms with van der Waals surface area (Å²) in [6.07, 6.45) is 2.89. The zero-order valence-electron chi connectivity index (χ0n) is 17.9. The summed E-state index contributed by atoms with van der Waals surface area (Å²) in [6, 6.07) is 16.3. The lowest BCUT2D eigenvalue weighted by molar-refractivity contribution is -0.128. The van der Waals surface area contributed by atoms with E-state index in [0.717, 1.165) is 23.1 Å². The molecule has 0 fully saturated rings. The highest BCUT2D eigenvalue weighted by molar-refractivity contribution is 5.81. The molecule has 0 radical (unpaired) electrons. The van der Waals surface area contributed by atoms with Crippen molar-refractivity contribution in [1.82, 2.24) is 20.2 Å². The number of amides is 2. The van der Waals surface area contributed by atoms with Gasteiger partial charge < -0.3 is 15.2 Å². The Morgan fingerprint density at radius 2 is 1.67 bits per heavy atom. The van der Waals surface area contributed by atoms with Crippen LogP contribution in [0.15, 0.2) is 54.9 Å². The molecule has 0 saturated carbocycles. The number of para-hydroxylation sites is 2. The largest absolute Gasteiger partial charge is 0.356 e. The topological polar surface area (TPSA) is 76.0 Å². The van der Waals surface area contributed by atoms with Gasteiger partial charge in [0.15, 0.2) is 0 Å². The van der Waals surface area contributed by atoms with Crippen LogP contribution in [0, 0.1) is 5.41 Å². The van der Waals surface area contributed by atoms with Crippen molar-refractivity contribution >= 4 is 22.8 Å². The van der Waals surface area contributed by atoms with E-state index in [1.807, 2.05) is 57.4 Å². The zero-order valence-corrected chi connectivity index (χ0v) is 17.9. The van der Waals surface area contributed by atoms with Crippen molar-refractivity contribution in [3.8, 4) is 0 Å². The third-order valence-corrected chi connectivity index (χ3v) is 4.94. The maximum Gasteiger partial charge on any atom is 0.225 e. The lowest BCUT2D eigenvalue weighted by Crippen LogP contribution is -2.35. The van der Waals surface area contributed by atoms with E-state index >= 15 is 0 Å². The number of fused-ring (bicyclic) bond motifs is 1. The maximum atomic E-state index is 12.0. The minimum absolute atomic E-state index is 0.00558. The lowest BCUT2D eigenvalue weighted by Gasteiger charge is -2.17. The SMILES string of the molecule is CC(C)(C)C(=O)NCCCC(=O)NCc1ccc(Cn2cnc3ccccc32)cc1. The smallest absolute Gasteiger partial charge is 0.225 e. The molecule has 0 saturated heterocycles. The van der Waals surface area contributed by atoms with Gasteiger partial charge in [-0.25, -0.2) is 4.98 Å². The summed E-state index contributed by atoms with van der Waals surface area (Å²) in [5.74, 6) is 0.000609. The molecule has 3 rings (SSSR count). The first-order chi connectivity index (χ1) is 14.3. The number of nitrogens with zero attached hydrogens (tertiary/aromatic N) is 2. The first-order valence-corrected chi connectivity index (χ1v) is 10.4. The first-order valence-electron chi connectivity index (χ1n) is 10.4. The fraction of sp³-hybridized carbons (Fsp3) is 0.375. The average Bonchev–Trinajstić information content (AvgIpc) is 3.13. The Kier molecular flexibility index (Phi) is 6.87. The third kappa shape index (κ3) is 5.92. The van der Waals surface area contributed by atoms with E-state index in [0.29, 0.717) is 25.9 Å². The Labute approximate surface area is 177 Å². The van der Waals surface area contributed by atoms with E-state index in [1.54, 1.807) is 0 Å². The molecular weight excluding hydrogens is 376 g/mol. The molecule has 30 heavy (non-hydrogen) atoms. The molecule has 0 spiro atoms. The Balaban J connectivity index is 1.41. The summed E-state index contributed by atoms with van der Waals surface area (Å²) in [4.78, 5) is 28.2. The molecule has 0 unspecified atom stereocenters. The fourth-order valence-electron chi connectivity index (χ4n) is 3.10. The molecule has 2 amide bonds. The molecule has 0 aliphatic heterocycles. The average molecular weight is 407 g/mol. The van der Waals surface area contributed by atoms with Gasteiger partial charge in [-0.1, -0.05) is 57.2 Å². The van der Waals surface area contributed by atoms with E-state index in [1.165, 1.54) is 5.56 Å². The van der Waals surface area contributed by atoms with Crippen LogP contribution in [0.3, 0.4) is 0 Å². The molecule has 0 aliphatic carbocycles. The van der Waals surface area contributed by atoms with Crippen LogP contribution in [-0.4, -0.2) is 27.9 Å². The number of benzene rings is 2. The second-order valence-corrected chi connectivity index (χ2v) is 8.56. The van der Waals surface area contributed by atoms with Crippen LogP contribution in [0.4, 0.5) is 0 Å². The number of carbonyl (C=O) groups excluding carboxylic acids is 2. The quantitative estimate of drug-likeness (QED) is 0.561. The van der Waals surface area contributed by atoms with E-state index in [-0.39, 0.29) is 11.8 Å². The van der Waals surface area contributed by atoms with Crippen LogP contribution in [0.5, 0.6) is 0 Å². The molecule has 6 heteroatoms. The minimum atomic E-state index is -0.403. The van der Waals surface area contributed by atoms with Crippen molar-refractivity contribution in [3.05, 3.63) is 66.0 Å². The zero-order chi connectivity index (χ0) is 21.6. The number of hydrogen-bond donors (Lipinski definition) is 2. The van der Waals surface area contributed by atoms with Gasteiger partial charge in [0.1, 0.15) is 0 Å². The predicted octanol–water partition coefficient (Wildman–Crippen LogP) is 3.64. The molecule has 0 bridgehead atoms. The van der Waals surface area contributed by atoms with Crippen LogP contribution in [0.2, 0.25) is 0 Å². The van der Waals surface area contributed by atoms with E-state index in [2.05, 4.69) is 38.4 Å². The molecule has 2 aromatic carbocycles. The molecule has 3 aromatic rings. The van der Waals surface area contributed by atoms with Crippen LogP contribution in [0.1, 0.15) is 44.7 Å². The Hall–Kier alpha value is -3.15. The second kappa shape index (κ2) is 9.57. The number of aromatic nitrogens is 2. The third-order valence-electron chi connectivity index (χ3n) is 4.94. The summed E-state index contributed by atoms with van der Waals surface area (Å²) < 4.78 is 2.13. The molecule has 2 N–H and O–H groups in total. The van der Waals surface area contributed by atoms with Gasteiger partial charge in [-0.3, -0.25) is 9.59 Å². The van der Waals surface area contributed by atoms with E-state index in [9.17, 15) is 9.59 Å². The molecule has 0 atom stereocenters. The normalized spacial score (nSPS) is 11.4. The Morgan fingerprint density at radius 1 is 0.967 bits per heavy atom. The van der Waals surface area contributed by atoms with E-state index in [4.69, 9.17) is 0 Å². The van der Waals surface area contributed by atoms with Crippen molar-refractivity contribution in [1.29, 1.82) is 0 Å². The predicted molar refractivity (Wildman–Crippen MR) is 119 cm³/mol. The van der Waals surface area contributed by atoms with Gasteiger partial charge in [-0.2, -0.15) is 0 Å². The van der Waals surface area contributed by atoms with Gasteiger partial charge in [0.25, 0.3) is 0 Å². The number of carbonyl (C=O) groups is 2. The molecule has 0 aliphatic rings. The van der Waals surface area contributed by atoms with Crippen LogP contribution in [0.25, 0.3) is 11.0 Å². The van der Waals surface area contributed by atoms with Crippen molar-refractivity contribution in [2.24, 2.45) is 5.41 Å². The Morgan fingerprint density at radius 3 is 2.40 bits per heavy atom. The standard InChI is InChI=1S/C24H30N4O2/c1-24(2,3)23(30)25-14-6-9-22(29)26-15-18-10-12-19(13-11-18)16-28-17-27-20-7-4-5-8-21(20)28/h4-5,7-8,10-13,17H,6,9,14-16H2,1-3H3,(H,25,30)(H,26,29). The molecule has 6 nitrogen and oxygen atoms in total. The van der Waals surface area contributed by atoms with Gasteiger partial charge in [0, 0.05) is 31.5 Å². The summed E-state index contributed by atoms with van der Waals surface area (Å²) in [5.41, 5.74) is 3.95. The summed E-state index contributed by atoms with van der Waals surface area (Å²) in [7, 11) is 0. The van der Waals surface area contributed by atoms with Crippen molar-refractivity contribution in [2.75, 3.05) is 6.54 Å². The molecular formula is C24H30N4O2. The second-order valence-electron chi connectivity index (χ2n) is 8.56. The first kappa shape index (κ1) is 21.6. The number of nitrogens with one attached hydrogen (secondary N) is 2. The minimum Gasteiger partial charge on any atom is -0.356 e. The van der Waals surface area contributed by atoms with Gasteiger partial charge >= 0.3 is 0 Å².